The molecule has 0 heterocycles. The molecule has 0 amide bonds. The van der Waals surface area contributed by atoms with Gasteiger partial charge in [0.05, 0.1) is 0 Å². The Morgan fingerprint density at radius 1 is 1.33 bits per heavy atom. The van der Waals surface area contributed by atoms with Crippen LogP contribution in [0.4, 0.5) is 0 Å². The van der Waals surface area contributed by atoms with Crippen molar-refractivity contribution in [3.63, 3.8) is 0 Å². The zero-order valence-electron chi connectivity index (χ0n) is 11.0. The van der Waals surface area contributed by atoms with E-state index in [4.69, 9.17) is 27.5 Å². The molecule has 116 valence electrons. The molecule has 0 aliphatic heterocycles. The van der Waals surface area contributed by atoms with Crippen LogP contribution in [-0.4, -0.2) is 42.4 Å². The van der Waals surface area contributed by atoms with E-state index in [2.05, 4.69) is 0 Å². The molecule has 1 rings (SSSR count). The van der Waals surface area contributed by atoms with Crippen LogP contribution in [0.3, 0.4) is 0 Å². The Hall–Kier alpha value is -1.64. The third-order valence-corrected chi connectivity index (χ3v) is 6.13. The van der Waals surface area contributed by atoms with Gasteiger partial charge in [0.25, 0.3) is 5.25 Å². The van der Waals surface area contributed by atoms with Crippen LogP contribution in [0.15, 0.2) is 24.3 Å². The third kappa shape index (κ3) is 3.02. The standard InChI is InChI=1S/C12H14ClNO6S/c1-12(6-14,7-3-2-4-8(13)5-7)21(19,20)9(10(15)16)11(17)18/h2-5,9H,6,14H2,1H3,(H,15,16)(H,17,18). The summed E-state index contributed by atoms with van der Waals surface area (Å²) in [6, 6.07) is 5.68. The van der Waals surface area contributed by atoms with Crippen LogP contribution in [0.5, 0.6) is 0 Å². The molecule has 0 fully saturated rings. The Bertz CT molecular complexity index is 660. The van der Waals surface area contributed by atoms with Gasteiger partial charge in [-0.15, -0.1) is 0 Å². The largest absolute Gasteiger partial charge is 0.480 e. The van der Waals surface area contributed by atoms with Gasteiger partial charge in [0.1, 0.15) is 4.75 Å². The molecule has 1 aromatic rings. The number of carboxylic acids is 2. The first-order chi connectivity index (χ1) is 9.57. The SMILES string of the molecule is CC(CN)(c1cccc(Cl)c1)S(=O)(=O)C(C(=O)O)C(=O)O. The average Bonchev–Trinajstić information content (AvgIpc) is 2.35. The van der Waals surface area contributed by atoms with E-state index in [1.807, 2.05) is 0 Å². The summed E-state index contributed by atoms with van der Waals surface area (Å²) in [5.41, 5.74) is 5.63. The maximum atomic E-state index is 12.5. The van der Waals surface area contributed by atoms with Crippen LogP contribution in [0.25, 0.3) is 0 Å². The first-order valence-corrected chi connectivity index (χ1v) is 7.65. The van der Waals surface area contributed by atoms with Gasteiger partial charge in [0.2, 0.25) is 0 Å². The van der Waals surface area contributed by atoms with Crippen molar-refractivity contribution in [3.8, 4) is 0 Å². The van der Waals surface area contributed by atoms with Gasteiger partial charge in [-0.1, -0.05) is 23.7 Å². The fourth-order valence-corrected chi connectivity index (χ4v) is 3.78. The van der Waals surface area contributed by atoms with Crippen LogP contribution >= 0.6 is 11.6 Å². The van der Waals surface area contributed by atoms with E-state index in [0.29, 0.717) is 0 Å². The maximum absolute atomic E-state index is 12.5. The van der Waals surface area contributed by atoms with Crippen molar-refractivity contribution in [2.24, 2.45) is 5.73 Å². The van der Waals surface area contributed by atoms with Crippen molar-refractivity contribution in [1.82, 2.24) is 0 Å². The van der Waals surface area contributed by atoms with Gasteiger partial charge < -0.3 is 15.9 Å². The second kappa shape index (κ2) is 6.00. The number of halogens is 1. The lowest BCUT2D eigenvalue weighted by atomic mass is 10.0. The molecule has 9 heteroatoms. The molecule has 1 atom stereocenters. The van der Waals surface area contributed by atoms with Crippen LogP contribution < -0.4 is 5.73 Å². The molecule has 1 unspecified atom stereocenters. The van der Waals surface area contributed by atoms with Crippen molar-refractivity contribution in [3.05, 3.63) is 34.9 Å². The van der Waals surface area contributed by atoms with Crippen LogP contribution in [0, 0.1) is 0 Å². The molecular weight excluding hydrogens is 322 g/mol. The zero-order valence-corrected chi connectivity index (χ0v) is 12.6. The second-order valence-electron chi connectivity index (χ2n) is 4.55. The minimum atomic E-state index is -4.66. The molecule has 0 saturated carbocycles. The topological polar surface area (TPSA) is 135 Å². The van der Waals surface area contributed by atoms with E-state index in [0.717, 1.165) is 0 Å². The summed E-state index contributed by atoms with van der Waals surface area (Å²) in [7, 11) is -4.66. The minimum Gasteiger partial charge on any atom is -0.480 e. The third-order valence-electron chi connectivity index (χ3n) is 3.21. The predicted octanol–water partition coefficient (Wildman–Crippen LogP) is 0.466. The van der Waals surface area contributed by atoms with Gasteiger partial charge >= 0.3 is 11.9 Å². The number of nitrogens with two attached hydrogens (primary N) is 1. The summed E-state index contributed by atoms with van der Waals surface area (Å²) in [5.74, 6) is -3.94. The second-order valence-corrected chi connectivity index (χ2v) is 7.45. The van der Waals surface area contributed by atoms with Crippen molar-refractivity contribution in [2.75, 3.05) is 6.54 Å². The van der Waals surface area contributed by atoms with Crippen molar-refractivity contribution < 1.29 is 28.2 Å². The molecule has 0 radical (unpaired) electrons. The smallest absolute Gasteiger partial charge is 0.333 e. The number of rotatable bonds is 6. The first-order valence-electron chi connectivity index (χ1n) is 5.73. The van der Waals surface area contributed by atoms with Gasteiger partial charge in [0, 0.05) is 11.6 Å². The molecule has 0 spiro atoms. The molecule has 0 aliphatic carbocycles. The summed E-state index contributed by atoms with van der Waals surface area (Å²) in [6.07, 6.45) is 0. The molecular formula is C12H14ClNO6S. The van der Waals surface area contributed by atoms with Gasteiger partial charge in [-0.2, -0.15) is 0 Å². The Labute approximate surface area is 126 Å². The Kier molecular flexibility index (Phi) is 4.98. The molecule has 4 N–H and O–H groups in total. The molecule has 7 nitrogen and oxygen atoms in total. The van der Waals surface area contributed by atoms with Crippen molar-refractivity contribution in [2.45, 2.75) is 16.9 Å². The number of carbonyl (C=O) groups is 2. The Morgan fingerprint density at radius 3 is 2.24 bits per heavy atom. The highest BCUT2D eigenvalue weighted by Gasteiger charge is 2.51. The van der Waals surface area contributed by atoms with E-state index < -0.39 is 38.3 Å². The summed E-state index contributed by atoms with van der Waals surface area (Å²) < 4.78 is 23.1. The highest BCUT2D eigenvalue weighted by Crippen LogP contribution is 2.34. The number of benzene rings is 1. The molecule has 21 heavy (non-hydrogen) atoms. The van der Waals surface area contributed by atoms with E-state index in [9.17, 15) is 18.0 Å². The molecule has 0 aromatic heterocycles. The van der Waals surface area contributed by atoms with Crippen molar-refractivity contribution >= 4 is 33.4 Å². The lowest BCUT2D eigenvalue weighted by molar-refractivity contribution is -0.146. The molecule has 0 aliphatic rings. The number of hydrogen-bond donors (Lipinski definition) is 3. The van der Waals surface area contributed by atoms with Crippen LogP contribution in [0.2, 0.25) is 5.02 Å². The lowest BCUT2D eigenvalue weighted by Gasteiger charge is -2.30. The maximum Gasteiger partial charge on any atom is 0.333 e. The first kappa shape index (κ1) is 17.4. The Balaban J connectivity index is 3.56. The van der Waals surface area contributed by atoms with Gasteiger partial charge in [0.15, 0.2) is 9.84 Å². The molecule has 1 aromatic carbocycles. The van der Waals surface area contributed by atoms with E-state index in [1.165, 1.54) is 31.2 Å². The number of aliphatic carboxylic acids is 2. The van der Waals surface area contributed by atoms with Crippen LogP contribution in [0.1, 0.15) is 12.5 Å². The monoisotopic (exact) mass is 335 g/mol. The Morgan fingerprint density at radius 2 is 1.86 bits per heavy atom. The van der Waals surface area contributed by atoms with E-state index in [-0.39, 0.29) is 10.6 Å². The summed E-state index contributed by atoms with van der Waals surface area (Å²) in [6.45, 7) is 0.680. The fourth-order valence-electron chi connectivity index (χ4n) is 1.85. The number of hydrogen-bond acceptors (Lipinski definition) is 5. The van der Waals surface area contributed by atoms with E-state index >= 15 is 0 Å². The predicted molar refractivity (Wildman–Crippen MR) is 75.8 cm³/mol. The molecule has 0 saturated heterocycles. The number of carboxylic acid groups (broad SMARTS) is 2. The highest BCUT2D eigenvalue weighted by atomic mass is 35.5. The zero-order chi connectivity index (χ0) is 16.4. The lowest BCUT2D eigenvalue weighted by Crippen LogP contribution is -2.51. The normalized spacial score (nSPS) is 14.7. The highest BCUT2D eigenvalue weighted by molar-refractivity contribution is 7.94. The van der Waals surface area contributed by atoms with Gasteiger partial charge in [-0.05, 0) is 24.6 Å². The number of sulfone groups is 1. The summed E-state index contributed by atoms with van der Waals surface area (Å²) in [4.78, 5) is 22.0. The minimum absolute atomic E-state index is 0.130. The summed E-state index contributed by atoms with van der Waals surface area (Å²) >= 11 is 5.79. The van der Waals surface area contributed by atoms with Gasteiger partial charge in [-0.25, -0.2) is 8.42 Å². The average molecular weight is 336 g/mol. The molecule has 0 bridgehead atoms. The quantitative estimate of drug-likeness (QED) is 0.643. The van der Waals surface area contributed by atoms with Crippen molar-refractivity contribution in [1.29, 1.82) is 0 Å². The summed E-state index contributed by atoms with van der Waals surface area (Å²) in [5, 5.41) is 15.4. The fraction of sp³-hybridized carbons (Fsp3) is 0.333. The van der Waals surface area contributed by atoms with Gasteiger partial charge in [-0.3, -0.25) is 9.59 Å². The van der Waals surface area contributed by atoms with E-state index in [1.54, 1.807) is 0 Å². The van der Waals surface area contributed by atoms with Crippen LogP contribution in [-0.2, 0) is 24.2 Å².